The van der Waals surface area contributed by atoms with E-state index in [1.165, 1.54) is 0 Å². The summed E-state index contributed by atoms with van der Waals surface area (Å²) >= 11 is 0. The Morgan fingerprint density at radius 1 is 0.854 bits per heavy atom. The maximum atomic E-state index is 13.9. The fraction of sp³-hybridized carbons (Fsp3) is 0.286. The number of aryl methyl sites for hydroxylation is 1. The van der Waals surface area contributed by atoms with Gasteiger partial charge in [0.05, 0.1) is 0 Å². The van der Waals surface area contributed by atoms with Gasteiger partial charge in [-0.1, -0.05) is 60.7 Å². The van der Waals surface area contributed by atoms with Gasteiger partial charge >= 0.3 is 29.7 Å². The highest BCUT2D eigenvalue weighted by molar-refractivity contribution is 6.02. The second-order valence-electron chi connectivity index (χ2n) is 11.2. The Labute approximate surface area is 275 Å². The first kappa shape index (κ1) is 35.3. The van der Waals surface area contributed by atoms with Crippen LogP contribution in [0.1, 0.15) is 36.0 Å². The smallest absolute Gasteiger partial charge is 0.377 e. The zero-order valence-electron chi connectivity index (χ0n) is 25.9. The molecule has 0 radical (unpaired) electrons. The summed E-state index contributed by atoms with van der Waals surface area (Å²) in [6.07, 6.45) is -1.26. The van der Waals surface area contributed by atoms with E-state index in [1.54, 1.807) is 37.3 Å². The summed E-state index contributed by atoms with van der Waals surface area (Å²) in [5.41, 5.74) is 2.68. The highest BCUT2D eigenvalue weighted by Gasteiger charge is 2.64. The van der Waals surface area contributed by atoms with Crippen LogP contribution in [0.5, 0.6) is 11.5 Å². The molecule has 4 unspecified atom stereocenters. The van der Waals surface area contributed by atoms with Crippen LogP contribution in [0.25, 0.3) is 0 Å². The van der Waals surface area contributed by atoms with Gasteiger partial charge in [-0.05, 0) is 67.1 Å². The van der Waals surface area contributed by atoms with Crippen molar-refractivity contribution in [3.05, 3.63) is 108 Å². The van der Waals surface area contributed by atoms with Crippen molar-refractivity contribution in [2.45, 2.75) is 56.1 Å². The van der Waals surface area contributed by atoms with E-state index in [4.69, 9.17) is 14.2 Å². The number of rotatable bonds is 16. The molecule has 4 atom stereocenters. The summed E-state index contributed by atoms with van der Waals surface area (Å²) in [6, 6.07) is 23.0. The van der Waals surface area contributed by atoms with Crippen LogP contribution < -0.4 is 4.74 Å². The molecular formula is C35H35NO12. The van der Waals surface area contributed by atoms with Crippen LogP contribution in [-0.2, 0) is 46.3 Å². The lowest BCUT2D eigenvalue weighted by molar-refractivity contribution is -0.221. The SMILES string of the molecule is C=CCc1cccc(Oc2ccc(C(CCc3ccccc3)C(C)N(CC(=O)O)C(=O)C3OC(C(=O)O)(C(=O)O)OC3C(=O)O)cc2)c1. The van der Waals surface area contributed by atoms with Crippen molar-refractivity contribution in [1.29, 1.82) is 0 Å². The Bertz CT molecular complexity index is 1640. The van der Waals surface area contributed by atoms with Gasteiger partial charge in [0.2, 0.25) is 0 Å². The molecule has 1 saturated heterocycles. The van der Waals surface area contributed by atoms with Gasteiger partial charge in [0.15, 0.2) is 12.2 Å². The van der Waals surface area contributed by atoms with Crippen LogP contribution in [0.15, 0.2) is 91.5 Å². The summed E-state index contributed by atoms with van der Waals surface area (Å²) in [6.45, 7) is 4.39. The Kier molecular flexibility index (Phi) is 11.3. The average Bonchev–Trinajstić information content (AvgIpc) is 3.48. The lowest BCUT2D eigenvalue weighted by atomic mass is 9.85. The quantitative estimate of drug-likeness (QED) is 0.128. The number of carbonyl (C=O) groups is 5. The first-order valence-electron chi connectivity index (χ1n) is 14.9. The molecular weight excluding hydrogens is 626 g/mol. The molecule has 252 valence electrons. The molecule has 1 fully saturated rings. The lowest BCUT2D eigenvalue weighted by Gasteiger charge is -2.36. The van der Waals surface area contributed by atoms with Gasteiger partial charge in [-0.25, -0.2) is 14.4 Å². The van der Waals surface area contributed by atoms with Crippen LogP contribution in [0, 0.1) is 0 Å². The molecule has 13 heteroatoms. The molecule has 1 amide bonds. The van der Waals surface area contributed by atoms with E-state index in [0.717, 1.165) is 16.0 Å². The van der Waals surface area contributed by atoms with Gasteiger partial charge in [-0.15, -0.1) is 6.58 Å². The molecule has 4 rings (SSSR count). The van der Waals surface area contributed by atoms with E-state index in [2.05, 4.69) is 6.58 Å². The van der Waals surface area contributed by atoms with Crippen molar-refractivity contribution in [1.82, 2.24) is 4.90 Å². The number of amides is 1. The number of nitrogens with zero attached hydrogens (tertiary/aromatic N) is 1. The highest BCUT2D eigenvalue weighted by atomic mass is 16.8. The minimum Gasteiger partial charge on any atom is -0.480 e. The van der Waals surface area contributed by atoms with E-state index >= 15 is 0 Å². The first-order chi connectivity index (χ1) is 22.9. The number of allylic oxidation sites excluding steroid dienone is 1. The van der Waals surface area contributed by atoms with Crippen molar-refractivity contribution in [2.75, 3.05) is 6.54 Å². The Hall–Kier alpha value is -5.53. The van der Waals surface area contributed by atoms with Gasteiger partial charge in [0, 0.05) is 12.0 Å². The number of carboxylic acid groups (broad SMARTS) is 4. The molecule has 0 aliphatic carbocycles. The molecule has 48 heavy (non-hydrogen) atoms. The number of hydrogen-bond acceptors (Lipinski definition) is 8. The monoisotopic (exact) mass is 661 g/mol. The maximum Gasteiger partial charge on any atom is 0.377 e. The molecule has 0 bridgehead atoms. The van der Waals surface area contributed by atoms with Crippen LogP contribution in [-0.4, -0.2) is 85.7 Å². The molecule has 4 N–H and O–H groups in total. The largest absolute Gasteiger partial charge is 0.480 e. The van der Waals surface area contributed by atoms with Crippen LogP contribution in [0.2, 0.25) is 0 Å². The third-order valence-electron chi connectivity index (χ3n) is 7.98. The second kappa shape index (κ2) is 15.4. The predicted molar refractivity (Wildman–Crippen MR) is 169 cm³/mol. The van der Waals surface area contributed by atoms with E-state index in [1.807, 2.05) is 54.6 Å². The number of carbonyl (C=O) groups excluding carboxylic acids is 1. The Balaban J connectivity index is 1.68. The maximum absolute atomic E-state index is 13.9. The van der Waals surface area contributed by atoms with Crippen LogP contribution in [0.4, 0.5) is 0 Å². The first-order valence-corrected chi connectivity index (χ1v) is 14.9. The number of ether oxygens (including phenoxy) is 3. The predicted octanol–water partition coefficient (Wildman–Crippen LogP) is 3.96. The third kappa shape index (κ3) is 8.06. The van der Waals surface area contributed by atoms with Gasteiger partial charge in [-0.3, -0.25) is 9.59 Å². The van der Waals surface area contributed by atoms with Gasteiger partial charge in [0.25, 0.3) is 5.91 Å². The zero-order chi connectivity index (χ0) is 35.0. The molecule has 1 aliphatic heterocycles. The van der Waals surface area contributed by atoms with Gasteiger partial charge < -0.3 is 39.5 Å². The number of benzene rings is 3. The van der Waals surface area contributed by atoms with Crippen LogP contribution >= 0.6 is 0 Å². The fourth-order valence-electron chi connectivity index (χ4n) is 5.59. The number of hydrogen-bond donors (Lipinski definition) is 4. The van der Waals surface area contributed by atoms with Crippen LogP contribution in [0.3, 0.4) is 0 Å². The molecule has 0 spiro atoms. The fourth-order valence-corrected chi connectivity index (χ4v) is 5.59. The Morgan fingerprint density at radius 2 is 1.48 bits per heavy atom. The van der Waals surface area contributed by atoms with Crippen molar-refractivity contribution in [3.8, 4) is 11.5 Å². The summed E-state index contributed by atoms with van der Waals surface area (Å²) in [5, 5.41) is 38.6. The summed E-state index contributed by atoms with van der Waals surface area (Å²) in [7, 11) is 0. The van der Waals surface area contributed by atoms with Gasteiger partial charge in [-0.2, -0.15) is 0 Å². The Morgan fingerprint density at radius 3 is 2.06 bits per heavy atom. The minimum atomic E-state index is -3.49. The third-order valence-corrected chi connectivity index (χ3v) is 7.98. The number of carboxylic acids is 4. The highest BCUT2D eigenvalue weighted by Crippen LogP contribution is 2.35. The molecule has 1 heterocycles. The molecule has 3 aromatic carbocycles. The van der Waals surface area contributed by atoms with Gasteiger partial charge in [0.1, 0.15) is 18.0 Å². The second-order valence-corrected chi connectivity index (χ2v) is 11.2. The minimum absolute atomic E-state index is 0.400. The lowest BCUT2D eigenvalue weighted by Crippen LogP contribution is -2.53. The summed E-state index contributed by atoms with van der Waals surface area (Å²) < 4.78 is 15.9. The molecule has 1 aliphatic rings. The van der Waals surface area contributed by atoms with E-state index in [-0.39, 0.29) is 0 Å². The molecule has 13 nitrogen and oxygen atoms in total. The summed E-state index contributed by atoms with van der Waals surface area (Å²) in [5.74, 6) is -11.9. The topological polar surface area (TPSA) is 197 Å². The molecule has 3 aromatic rings. The standard InChI is InChI=1S/C35H35NO12/c1-3-8-23-11-7-12-26(19-23)46-25-16-14-24(15-17-25)27(18-13-22-9-5-4-6-10-22)21(2)36(20-28(37)38)31(39)29-30(32(40)41)48-35(47-29,33(42)43)34(44)45/h3-7,9-12,14-17,19,21,27,29-30H,1,8,13,18,20H2,2H3,(H,37,38)(H,40,41)(H,42,43)(H,44,45). The van der Waals surface area contributed by atoms with E-state index in [0.29, 0.717) is 36.3 Å². The number of aliphatic carboxylic acids is 4. The molecule has 0 saturated carbocycles. The summed E-state index contributed by atoms with van der Waals surface area (Å²) in [4.78, 5) is 62.4. The molecule has 0 aromatic heterocycles. The van der Waals surface area contributed by atoms with E-state index in [9.17, 15) is 44.4 Å². The van der Waals surface area contributed by atoms with Crippen molar-refractivity contribution >= 4 is 29.8 Å². The normalized spacial score (nSPS) is 17.9. The van der Waals surface area contributed by atoms with Crippen molar-refractivity contribution in [3.63, 3.8) is 0 Å². The van der Waals surface area contributed by atoms with Crippen molar-refractivity contribution < 1.29 is 58.6 Å². The van der Waals surface area contributed by atoms with Crippen molar-refractivity contribution in [2.24, 2.45) is 0 Å². The van der Waals surface area contributed by atoms with E-state index < -0.39 is 66.3 Å². The average molecular weight is 662 g/mol. The zero-order valence-corrected chi connectivity index (χ0v) is 25.9.